The lowest BCUT2D eigenvalue weighted by atomic mass is 9.53. The lowest BCUT2D eigenvalue weighted by Gasteiger charge is -2.52. The minimum atomic E-state index is 0.809. The van der Waals surface area contributed by atoms with Crippen LogP contribution in [0.2, 0.25) is 0 Å². The molecular formula is C40H74. The molecule has 40 heavy (non-hydrogen) atoms. The van der Waals surface area contributed by atoms with Gasteiger partial charge in [-0.3, -0.25) is 0 Å². The second-order valence-electron chi connectivity index (χ2n) is 18.3. The molecule has 4 rings (SSSR count). The molecule has 0 aromatic carbocycles. The van der Waals surface area contributed by atoms with E-state index < -0.39 is 0 Å². The molecule has 0 heterocycles. The molecule has 0 aromatic heterocycles. The molecule has 4 saturated carbocycles. The quantitative estimate of drug-likeness (QED) is 0.293. The molecule has 0 nitrogen and oxygen atoms in total. The van der Waals surface area contributed by atoms with Crippen LogP contribution in [0.15, 0.2) is 0 Å². The highest BCUT2D eigenvalue weighted by Gasteiger charge is 2.56. The fourth-order valence-electron chi connectivity index (χ4n) is 13.4. The highest BCUT2D eigenvalue weighted by atomic mass is 14.6. The van der Waals surface area contributed by atoms with Crippen LogP contribution in [0.1, 0.15) is 130 Å². The summed E-state index contributed by atoms with van der Waals surface area (Å²) in [6, 6.07) is 0. The number of rotatable bonds is 7. The molecule has 4 fully saturated rings. The van der Waals surface area contributed by atoms with Gasteiger partial charge in [-0.15, -0.1) is 0 Å². The predicted molar refractivity (Wildman–Crippen MR) is 177 cm³/mol. The number of hydrogen-bond donors (Lipinski definition) is 0. The van der Waals surface area contributed by atoms with Crippen LogP contribution in [0, 0.1) is 124 Å². The van der Waals surface area contributed by atoms with Gasteiger partial charge in [-0.25, -0.2) is 0 Å². The highest BCUT2D eigenvalue weighted by Crippen LogP contribution is 2.63. The summed E-state index contributed by atoms with van der Waals surface area (Å²) in [5.41, 5.74) is 0. The molecule has 4 aliphatic carbocycles. The summed E-state index contributed by atoms with van der Waals surface area (Å²) in [6.45, 7) is 39.2. The van der Waals surface area contributed by atoms with E-state index in [4.69, 9.17) is 0 Å². The van der Waals surface area contributed by atoms with Crippen molar-refractivity contribution in [3.05, 3.63) is 0 Å². The van der Waals surface area contributed by atoms with Crippen molar-refractivity contribution in [2.24, 2.45) is 124 Å². The van der Waals surface area contributed by atoms with Crippen molar-refractivity contribution < 1.29 is 0 Å². The third kappa shape index (κ3) is 5.64. The Morgan fingerprint density at radius 1 is 0.475 bits per heavy atom. The molecule has 0 N–H and O–H groups in total. The average Bonchev–Trinajstić information content (AvgIpc) is 3.29. The van der Waals surface area contributed by atoms with Gasteiger partial charge in [0.15, 0.2) is 0 Å². The van der Waals surface area contributed by atoms with Crippen molar-refractivity contribution in [2.75, 3.05) is 0 Å². The van der Waals surface area contributed by atoms with Crippen LogP contribution >= 0.6 is 0 Å². The van der Waals surface area contributed by atoms with Gasteiger partial charge in [0.2, 0.25) is 0 Å². The van der Waals surface area contributed by atoms with E-state index in [9.17, 15) is 0 Å². The molecular weight excluding hydrogens is 480 g/mol. The van der Waals surface area contributed by atoms with Gasteiger partial charge in [-0.2, -0.15) is 0 Å². The van der Waals surface area contributed by atoms with E-state index in [2.05, 4.69) is 104 Å². The van der Waals surface area contributed by atoms with E-state index >= 15 is 0 Å². The zero-order valence-electron chi connectivity index (χ0n) is 30.0. The molecule has 0 spiro atoms. The average molecular weight is 555 g/mol. The number of fused-ring (bicyclic) bond motifs is 1. The predicted octanol–water partition coefficient (Wildman–Crippen LogP) is 11.8. The van der Waals surface area contributed by atoms with Gasteiger partial charge in [0.1, 0.15) is 0 Å². The van der Waals surface area contributed by atoms with Crippen molar-refractivity contribution in [1.82, 2.24) is 0 Å². The zero-order valence-corrected chi connectivity index (χ0v) is 30.0. The van der Waals surface area contributed by atoms with Crippen LogP contribution in [-0.2, 0) is 0 Å². The first kappa shape index (κ1) is 32.9. The van der Waals surface area contributed by atoms with E-state index in [1.165, 1.54) is 25.7 Å². The van der Waals surface area contributed by atoms with Crippen molar-refractivity contribution in [2.45, 2.75) is 130 Å². The Morgan fingerprint density at radius 2 is 1.02 bits per heavy atom. The molecule has 0 aliphatic heterocycles. The molecule has 3 unspecified atom stereocenters. The first-order valence-electron chi connectivity index (χ1n) is 18.6. The maximum atomic E-state index is 2.73. The standard InChI is InChI=1S/C40H74/c1-20(2)16-35-24(7)22(5)18-36(37(35)21(3)4)28(11)27(10)34-19-33-17-23(6)38(32(15)39(33)31(34)14)40-29(12)25(8)26(9)30(40)13/h20-40H,16-19H2,1-15H3/t22-,23-,24-,25-,26+,27+,28+,29-,30+,31+,32-,33-,34-,35?,36-,37-,38-,39?,40?/m1/s1. The first-order chi connectivity index (χ1) is 18.6. The Morgan fingerprint density at radius 3 is 1.55 bits per heavy atom. The van der Waals surface area contributed by atoms with Crippen LogP contribution in [0.4, 0.5) is 0 Å². The molecule has 0 aromatic rings. The molecule has 234 valence electrons. The van der Waals surface area contributed by atoms with E-state index in [0.29, 0.717) is 0 Å². The fourth-order valence-corrected chi connectivity index (χ4v) is 13.4. The molecule has 0 heteroatoms. The SMILES string of the molecule is CC(C)CC1[C@@H](C(C)C)[C@@H]([C@@H](C)[C@H](C)[C@H]2C[C@H]3C[C@@H](C)[C@@H](C4[C@@H](C)[C@@H](C)[C@@H](C)[C@H]4C)[C@@H](C)C3[C@H]2C)C[C@@H](C)[C@H]1C. The van der Waals surface area contributed by atoms with Gasteiger partial charge in [0, 0.05) is 0 Å². The van der Waals surface area contributed by atoms with Crippen LogP contribution in [0.3, 0.4) is 0 Å². The minimum absolute atomic E-state index is 0.809. The fraction of sp³-hybridized carbons (Fsp3) is 1.00. The van der Waals surface area contributed by atoms with Crippen LogP contribution < -0.4 is 0 Å². The Labute approximate surface area is 253 Å². The normalized spacial score (nSPS) is 53.2. The maximum Gasteiger partial charge on any atom is -0.0324 e. The second-order valence-corrected chi connectivity index (χ2v) is 18.3. The van der Waals surface area contributed by atoms with E-state index in [1.54, 1.807) is 0 Å². The van der Waals surface area contributed by atoms with Crippen molar-refractivity contribution in [3.63, 3.8) is 0 Å². The molecule has 0 saturated heterocycles. The van der Waals surface area contributed by atoms with Gasteiger partial charge >= 0.3 is 0 Å². The first-order valence-corrected chi connectivity index (χ1v) is 18.6. The Hall–Kier alpha value is 0. The molecule has 4 aliphatic rings. The summed E-state index contributed by atoms with van der Waals surface area (Å²) in [5.74, 6) is 18.9. The summed E-state index contributed by atoms with van der Waals surface area (Å²) in [4.78, 5) is 0. The van der Waals surface area contributed by atoms with Gasteiger partial charge in [-0.05, 0) is 150 Å². The molecule has 0 radical (unpaired) electrons. The van der Waals surface area contributed by atoms with Crippen molar-refractivity contribution in [3.8, 4) is 0 Å². The van der Waals surface area contributed by atoms with E-state index in [1.807, 2.05) is 0 Å². The smallest absolute Gasteiger partial charge is 0.0324 e. The maximum absolute atomic E-state index is 2.73. The summed E-state index contributed by atoms with van der Waals surface area (Å²) in [6.07, 6.45) is 5.95. The van der Waals surface area contributed by atoms with Crippen LogP contribution in [-0.4, -0.2) is 0 Å². The highest BCUT2D eigenvalue weighted by molar-refractivity contribution is 5.05. The minimum Gasteiger partial charge on any atom is -0.0628 e. The second kappa shape index (κ2) is 12.5. The largest absolute Gasteiger partial charge is 0.0628 e. The number of hydrogen-bond acceptors (Lipinski definition) is 0. The van der Waals surface area contributed by atoms with Crippen LogP contribution in [0.25, 0.3) is 0 Å². The van der Waals surface area contributed by atoms with Crippen LogP contribution in [0.5, 0.6) is 0 Å². The topological polar surface area (TPSA) is 0 Å². The van der Waals surface area contributed by atoms with Gasteiger partial charge in [-0.1, -0.05) is 104 Å². The summed E-state index contributed by atoms with van der Waals surface area (Å²) in [7, 11) is 0. The third-order valence-corrected chi connectivity index (χ3v) is 16.0. The molecule has 19 atom stereocenters. The van der Waals surface area contributed by atoms with Gasteiger partial charge in [0.25, 0.3) is 0 Å². The van der Waals surface area contributed by atoms with Crippen molar-refractivity contribution in [1.29, 1.82) is 0 Å². The summed E-state index contributed by atoms with van der Waals surface area (Å²) in [5, 5.41) is 0. The Bertz CT molecular complexity index is 795. The monoisotopic (exact) mass is 555 g/mol. The molecule has 0 amide bonds. The van der Waals surface area contributed by atoms with Gasteiger partial charge in [0.05, 0.1) is 0 Å². The van der Waals surface area contributed by atoms with E-state index in [0.717, 1.165) is 124 Å². The Balaban J connectivity index is 1.54. The third-order valence-electron chi connectivity index (χ3n) is 16.0. The lowest BCUT2D eigenvalue weighted by molar-refractivity contribution is -0.0323. The lowest BCUT2D eigenvalue weighted by Crippen LogP contribution is -2.45. The zero-order chi connectivity index (χ0) is 30.0. The van der Waals surface area contributed by atoms with E-state index in [-0.39, 0.29) is 0 Å². The summed E-state index contributed by atoms with van der Waals surface area (Å²) < 4.78 is 0. The molecule has 0 bridgehead atoms. The Kier molecular flexibility index (Phi) is 10.3. The van der Waals surface area contributed by atoms with Gasteiger partial charge < -0.3 is 0 Å². The van der Waals surface area contributed by atoms with Crippen molar-refractivity contribution >= 4 is 0 Å². The summed E-state index contributed by atoms with van der Waals surface area (Å²) >= 11 is 0.